The summed E-state index contributed by atoms with van der Waals surface area (Å²) in [7, 11) is 2.36. The molecule has 11 nitrogen and oxygen atoms in total. The van der Waals surface area contributed by atoms with Gasteiger partial charge in [0.05, 0.1) is 31.9 Å². The highest BCUT2D eigenvalue weighted by molar-refractivity contribution is 6.00. The lowest BCUT2D eigenvalue weighted by Gasteiger charge is -2.09. The van der Waals surface area contributed by atoms with Crippen LogP contribution < -0.4 is 5.32 Å². The minimum absolute atomic E-state index is 0.0305. The monoisotopic (exact) mass is 441 g/mol. The zero-order chi connectivity index (χ0) is 23.1. The maximum Gasteiger partial charge on any atom is 0.374 e. The average Bonchev–Trinajstić information content (AvgIpc) is 3.48. The second kappa shape index (κ2) is 10.1. The second-order valence-corrected chi connectivity index (χ2v) is 6.38. The number of hydrogen-bond acceptors (Lipinski definition) is 9. The van der Waals surface area contributed by atoms with Gasteiger partial charge in [0.15, 0.2) is 6.61 Å². The molecule has 32 heavy (non-hydrogen) atoms. The molecule has 1 aromatic carbocycles. The van der Waals surface area contributed by atoms with Gasteiger partial charge in [0.25, 0.3) is 5.91 Å². The van der Waals surface area contributed by atoms with Crippen LogP contribution >= 0.6 is 0 Å². The van der Waals surface area contributed by atoms with E-state index >= 15 is 0 Å². The molecule has 0 saturated heterocycles. The number of esters is 3. The molecule has 0 atom stereocenters. The molecular formula is C21H19N3O8. The first-order chi connectivity index (χ1) is 15.4. The fraction of sp³-hybridized carbons (Fsp3) is 0.190. The summed E-state index contributed by atoms with van der Waals surface area (Å²) in [6.07, 6.45) is 3.36. The van der Waals surface area contributed by atoms with Gasteiger partial charge in [-0.1, -0.05) is 0 Å². The van der Waals surface area contributed by atoms with Crippen molar-refractivity contribution >= 4 is 29.5 Å². The van der Waals surface area contributed by atoms with E-state index in [-0.39, 0.29) is 22.6 Å². The number of nitrogens with one attached hydrogen (secondary N) is 1. The topological polar surface area (TPSA) is 139 Å². The number of carbonyl (C=O) groups is 4. The Morgan fingerprint density at radius 1 is 1.00 bits per heavy atom. The lowest BCUT2D eigenvalue weighted by molar-refractivity contribution is -0.119. The summed E-state index contributed by atoms with van der Waals surface area (Å²) >= 11 is 0. The number of aromatic nitrogens is 2. The molecule has 2 heterocycles. The average molecular weight is 441 g/mol. The summed E-state index contributed by atoms with van der Waals surface area (Å²) in [6, 6.07) is 8.68. The highest BCUT2D eigenvalue weighted by Gasteiger charge is 2.17. The summed E-state index contributed by atoms with van der Waals surface area (Å²) in [5.41, 5.74) is 0.180. The van der Waals surface area contributed by atoms with Gasteiger partial charge in [0.2, 0.25) is 5.76 Å². The zero-order valence-electron chi connectivity index (χ0n) is 17.2. The van der Waals surface area contributed by atoms with Gasteiger partial charge in [0.1, 0.15) is 5.76 Å². The number of benzene rings is 1. The van der Waals surface area contributed by atoms with Crippen molar-refractivity contribution in [1.82, 2.24) is 9.78 Å². The molecule has 0 bridgehead atoms. The van der Waals surface area contributed by atoms with Crippen molar-refractivity contribution in [3.63, 3.8) is 0 Å². The van der Waals surface area contributed by atoms with Crippen LogP contribution in [-0.2, 0) is 25.5 Å². The molecule has 3 rings (SSSR count). The van der Waals surface area contributed by atoms with Crippen LogP contribution in [0.5, 0.6) is 0 Å². The number of hydrogen-bond donors (Lipinski definition) is 1. The van der Waals surface area contributed by atoms with Crippen LogP contribution in [0.1, 0.15) is 37.0 Å². The number of nitrogens with zero attached hydrogens (tertiary/aromatic N) is 2. The molecule has 11 heteroatoms. The maximum absolute atomic E-state index is 12.2. The van der Waals surface area contributed by atoms with Crippen LogP contribution in [0.3, 0.4) is 0 Å². The van der Waals surface area contributed by atoms with Gasteiger partial charge < -0.3 is 23.9 Å². The standard InChI is InChI=1S/C21H19N3O8/c1-29-19(26)13-8-14(20(27)30-2)10-15(9-13)23-18(25)12-31-21(28)17-5-4-16(32-17)11-24-7-3-6-22-24/h3-10H,11-12H2,1-2H3,(H,23,25). The number of amides is 1. The van der Waals surface area contributed by atoms with Crippen LogP contribution in [0.15, 0.2) is 53.2 Å². The van der Waals surface area contributed by atoms with Crippen molar-refractivity contribution in [3.05, 3.63) is 71.4 Å². The van der Waals surface area contributed by atoms with Crippen molar-refractivity contribution in [1.29, 1.82) is 0 Å². The second-order valence-electron chi connectivity index (χ2n) is 6.38. The van der Waals surface area contributed by atoms with E-state index in [0.717, 1.165) is 0 Å². The van der Waals surface area contributed by atoms with Gasteiger partial charge in [-0.15, -0.1) is 0 Å². The Hall–Kier alpha value is -4.41. The van der Waals surface area contributed by atoms with E-state index in [0.29, 0.717) is 12.3 Å². The third-order valence-corrected chi connectivity index (χ3v) is 4.13. The van der Waals surface area contributed by atoms with Crippen LogP contribution in [0.2, 0.25) is 0 Å². The molecule has 0 fully saturated rings. The van der Waals surface area contributed by atoms with Crippen molar-refractivity contribution in [2.45, 2.75) is 6.54 Å². The van der Waals surface area contributed by atoms with E-state index in [1.54, 1.807) is 29.2 Å². The van der Waals surface area contributed by atoms with Crippen molar-refractivity contribution in [2.24, 2.45) is 0 Å². The van der Waals surface area contributed by atoms with E-state index in [2.05, 4.69) is 19.9 Å². The summed E-state index contributed by atoms with van der Waals surface area (Å²) in [4.78, 5) is 48.0. The van der Waals surface area contributed by atoms with Crippen LogP contribution in [0.4, 0.5) is 5.69 Å². The Balaban J connectivity index is 1.60. The van der Waals surface area contributed by atoms with Gasteiger partial charge >= 0.3 is 17.9 Å². The molecule has 0 radical (unpaired) electrons. The fourth-order valence-corrected chi connectivity index (χ4v) is 2.70. The van der Waals surface area contributed by atoms with E-state index in [9.17, 15) is 19.2 Å². The highest BCUT2D eigenvalue weighted by Crippen LogP contribution is 2.17. The van der Waals surface area contributed by atoms with Crippen LogP contribution in [-0.4, -0.2) is 54.4 Å². The Labute approximate surface area is 181 Å². The van der Waals surface area contributed by atoms with Gasteiger partial charge in [-0.05, 0) is 36.4 Å². The molecule has 1 N–H and O–H groups in total. The first-order valence-corrected chi connectivity index (χ1v) is 9.24. The van der Waals surface area contributed by atoms with Gasteiger partial charge in [-0.3, -0.25) is 9.48 Å². The van der Waals surface area contributed by atoms with E-state index < -0.39 is 30.4 Å². The summed E-state index contributed by atoms with van der Waals surface area (Å²) in [5, 5.41) is 6.49. The molecular weight excluding hydrogens is 422 g/mol. The van der Waals surface area contributed by atoms with Crippen molar-refractivity contribution in [2.75, 3.05) is 26.1 Å². The van der Waals surface area contributed by atoms with Crippen LogP contribution in [0.25, 0.3) is 0 Å². The molecule has 0 aliphatic heterocycles. The Morgan fingerprint density at radius 2 is 1.69 bits per heavy atom. The van der Waals surface area contributed by atoms with Gasteiger partial charge in [0, 0.05) is 18.1 Å². The minimum atomic E-state index is -0.828. The lowest BCUT2D eigenvalue weighted by Crippen LogP contribution is -2.21. The molecule has 1 amide bonds. The number of methoxy groups -OCH3 is 2. The Bertz CT molecular complexity index is 1100. The van der Waals surface area contributed by atoms with Crippen molar-refractivity contribution < 1.29 is 37.8 Å². The molecule has 0 spiro atoms. The molecule has 0 aliphatic carbocycles. The smallest absolute Gasteiger partial charge is 0.374 e. The van der Waals surface area contributed by atoms with Crippen molar-refractivity contribution in [3.8, 4) is 0 Å². The normalized spacial score (nSPS) is 10.3. The number of anilines is 1. The number of ether oxygens (including phenoxy) is 3. The maximum atomic E-state index is 12.2. The predicted molar refractivity (Wildman–Crippen MR) is 108 cm³/mol. The number of furan rings is 1. The summed E-state index contributed by atoms with van der Waals surface area (Å²) in [6.45, 7) is -0.288. The van der Waals surface area contributed by atoms with E-state index in [4.69, 9.17) is 9.15 Å². The third-order valence-electron chi connectivity index (χ3n) is 4.13. The van der Waals surface area contributed by atoms with E-state index in [1.807, 2.05) is 0 Å². The molecule has 166 valence electrons. The first kappa shape index (κ1) is 22.3. The number of rotatable bonds is 8. The highest BCUT2D eigenvalue weighted by atomic mass is 16.5. The summed E-state index contributed by atoms with van der Waals surface area (Å²) in [5.74, 6) is -2.52. The summed E-state index contributed by atoms with van der Waals surface area (Å²) < 4.78 is 21.3. The molecule has 3 aromatic rings. The lowest BCUT2D eigenvalue weighted by atomic mass is 10.1. The Kier molecular flexibility index (Phi) is 7.01. The predicted octanol–water partition coefficient (Wildman–Crippen LogP) is 1.89. The Morgan fingerprint density at radius 3 is 2.28 bits per heavy atom. The molecule has 2 aromatic heterocycles. The van der Waals surface area contributed by atoms with Crippen LogP contribution in [0, 0.1) is 0 Å². The van der Waals surface area contributed by atoms with E-state index in [1.165, 1.54) is 38.5 Å². The quantitative estimate of drug-likeness (QED) is 0.410. The van der Waals surface area contributed by atoms with Gasteiger partial charge in [-0.2, -0.15) is 5.10 Å². The van der Waals surface area contributed by atoms with Gasteiger partial charge in [-0.25, -0.2) is 14.4 Å². The first-order valence-electron chi connectivity index (χ1n) is 9.24. The minimum Gasteiger partial charge on any atom is -0.465 e. The number of carbonyl (C=O) groups excluding carboxylic acids is 4. The fourth-order valence-electron chi connectivity index (χ4n) is 2.70. The molecule has 0 unspecified atom stereocenters. The molecule has 0 saturated carbocycles. The SMILES string of the molecule is COC(=O)c1cc(NC(=O)COC(=O)c2ccc(Cn3cccn3)o2)cc(C(=O)OC)c1. The zero-order valence-corrected chi connectivity index (χ0v) is 17.2. The molecule has 0 aliphatic rings. The third kappa shape index (κ3) is 5.59. The largest absolute Gasteiger partial charge is 0.465 e.